The SMILES string of the molecule is O=Nc1c(-c2cccs2)nc2cc(Cl)ccn12. The molecule has 0 unspecified atom stereocenters. The molecule has 3 aromatic heterocycles. The second kappa shape index (κ2) is 3.94. The zero-order valence-corrected chi connectivity index (χ0v) is 10.1. The molecule has 0 radical (unpaired) electrons. The molecule has 0 aromatic carbocycles. The van der Waals surface area contributed by atoms with Gasteiger partial charge in [0.25, 0.3) is 0 Å². The Morgan fingerprint density at radius 1 is 1.41 bits per heavy atom. The van der Waals surface area contributed by atoms with Crippen LogP contribution in [0.2, 0.25) is 5.02 Å². The zero-order valence-electron chi connectivity index (χ0n) is 8.50. The molecule has 0 aliphatic carbocycles. The molecule has 0 N–H and O–H groups in total. The summed E-state index contributed by atoms with van der Waals surface area (Å²) in [5, 5.41) is 5.57. The molecular weight excluding hydrogens is 258 g/mol. The van der Waals surface area contributed by atoms with Crippen LogP contribution in [-0.4, -0.2) is 9.38 Å². The van der Waals surface area contributed by atoms with Crippen LogP contribution in [0, 0.1) is 4.91 Å². The summed E-state index contributed by atoms with van der Waals surface area (Å²) >= 11 is 7.41. The lowest BCUT2D eigenvalue weighted by Gasteiger charge is -1.94. The van der Waals surface area contributed by atoms with Gasteiger partial charge < -0.3 is 0 Å². The third-order valence-corrected chi connectivity index (χ3v) is 3.52. The number of fused-ring (bicyclic) bond motifs is 1. The highest BCUT2D eigenvalue weighted by atomic mass is 35.5. The Bertz CT molecular complexity index is 690. The topological polar surface area (TPSA) is 46.7 Å². The number of imidazole rings is 1. The highest BCUT2D eigenvalue weighted by Crippen LogP contribution is 2.34. The summed E-state index contributed by atoms with van der Waals surface area (Å²) in [6.07, 6.45) is 1.69. The lowest BCUT2D eigenvalue weighted by molar-refractivity contribution is 1.16. The van der Waals surface area contributed by atoms with E-state index < -0.39 is 0 Å². The van der Waals surface area contributed by atoms with Gasteiger partial charge in [-0.25, -0.2) is 4.98 Å². The number of halogens is 1. The van der Waals surface area contributed by atoms with Gasteiger partial charge in [-0.1, -0.05) is 17.7 Å². The average Bonchev–Trinajstić information content (AvgIpc) is 2.94. The van der Waals surface area contributed by atoms with Gasteiger partial charge in [0.2, 0.25) is 5.82 Å². The largest absolute Gasteiger partial charge is 0.281 e. The number of rotatable bonds is 2. The quantitative estimate of drug-likeness (QED) is 0.653. The fourth-order valence-electron chi connectivity index (χ4n) is 1.67. The molecule has 0 aliphatic heterocycles. The summed E-state index contributed by atoms with van der Waals surface area (Å²) in [5.41, 5.74) is 1.22. The summed E-state index contributed by atoms with van der Waals surface area (Å²) in [5.74, 6) is 0.305. The zero-order chi connectivity index (χ0) is 11.8. The molecule has 3 heterocycles. The number of aromatic nitrogens is 2. The van der Waals surface area contributed by atoms with E-state index in [0.717, 1.165) is 4.88 Å². The molecule has 84 valence electrons. The van der Waals surface area contributed by atoms with E-state index in [2.05, 4.69) is 10.2 Å². The maximum atomic E-state index is 10.9. The van der Waals surface area contributed by atoms with E-state index in [4.69, 9.17) is 11.6 Å². The summed E-state index contributed by atoms with van der Waals surface area (Å²) in [7, 11) is 0. The van der Waals surface area contributed by atoms with E-state index in [1.54, 1.807) is 22.7 Å². The maximum absolute atomic E-state index is 10.9. The third-order valence-electron chi connectivity index (χ3n) is 2.40. The molecule has 0 spiro atoms. The molecule has 0 fully saturated rings. The first kappa shape index (κ1) is 10.4. The molecule has 0 atom stereocenters. The molecule has 0 saturated heterocycles. The van der Waals surface area contributed by atoms with E-state index in [-0.39, 0.29) is 0 Å². The number of nitroso groups, excluding NO2 is 1. The van der Waals surface area contributed by atoms with Gasteiger partial charge in [0.1, 0.15) is 11.3 Å². The molecule has 4 nitrogen and oxygen atoms in total. The van der Waals surface area contributed by atoms with Gasteiger partial charge in [0, 0.05) is 17.3 Å². The van der Waals surface area contributed by atoms with Crippen molar-refractivity contribution < 1.29 is 0 Å². The van der Waals surface area contributed by atoms with Crippen molar-refractivity contribution in [2.24, 2.45) is 5.18 Å². The summed E-state index contributed by atoms with van der Waals surface area (Å²) in [4.78, 5) is 16.2. The van der Waals surface area contributed by atoms with Crippen molar-refractivity contribution in [1.29, 1.82) is 0 Å². The molecule has 0 aliphatic rings. The second-order valence-electron chi connectivity index (χ2n) is 3.43. The highest BCUT2D eigenvalue weighted by Gasteiger charge is 2.15. The number of pyridine rings is 1. The van der Waals surface area contributed by atoms with Crippen LogP contribution in [0.15, 0.2) is 41.0 Å². The van der Waals surface area contributed by atoms with Gasteiger partial charge in [-0.05, 0) is 22.7 Å². The van der Waals surface area contributed by atoms with Crippen molar-refractivity contribution in [2.75, 3.05) is 0 Å². The Morgan fingerprint density at radius 3 is 3.00 bits per heavy atom. The molecule has 0 saturated carbocycles. The lowest BCUT2D eigenvalue weighted by Crippen LogP contribution is -1.81. The smallest absolute Gasteiger partial charge is 0.210 e. The second-order valence-corrected chi connectivity index (χ2v) is 4.81. The molecular formula is C11H6ClN3OS. The van der Waals surface area contributed by atoms with Crippen LogP contribution in [0.3, 0.4) is 0 Å². The predicted molar refractivity (Wildman–Crippen MR) is 69.0 cm³/mol. The van der Waals surface area contributed by atoms with E-state index in [1.165, 1.54) is 11.3 Å². The Labute approximate surface area is 105 Å². The van der Waals surface area contributed by atoms with Crippen molar-refractivity contribution in [3.63, 3.8) is 0 Å². The minimum Gasteiger partial charge on any atom is -0.281 e. The Balaban J connectivity index is 2.35. The van der Waals surface area contributed by atoms with Crippen LogP contribution in [0.4, 0.5) is 5.82 Å². The first-order valence-corrected chi connectivity index (χ1v) is 6.10. The molecule has 17 heavy (non-hydrogen) atoms. The predicted octanol–water partition coefficient (Wildman–Crippen LogP) is 4.11. The van der Waals surface area contributed by atoms with Gasteiger partial charge in [-0.3, -0.25) is 4.40 Å². The van der Waals surface area contributed by atoms with Crippen LogP contribution in [-0.2, 0) is 0 Å². The monoisotopic (exact) mass is 263 g/mol. The van der Waals surface area contributed by atoms with Gasteiger partial charge >= 0.3 is 0 Å². The molecule has 6 heteroatoms. The van der Waals surface area contributed by atoms with Crippen molar-refractivity contribution in [3.8, 4) is 10.6 Å². The molecule has 3 rings (SSSR count). The van der Waals surface area contributed by atoms with E-state index >= 15 is 0 Å². The van der Waals surface area contributed by atoms with Gasteiger partial charge in [0.15, 0.2) is 0 Å². The third kappa shape index (κ3) is 1.64. The standard InChI is InChI=1S/C11H6ClN3OS/c12-7-3-4-15-9(6-7)13-10(11(15)14-16)8-2-1-5-17-8/h1-6H. The Hall–Kier alpha value is -1.72. The number of nitrogens with zero attached hydrogens (tertiary/aromatic N) is 3. The maximum Gasteiger partial charge on any atom is 0.210 e. The fourth-order valence-corrected chi connectivity index (χ4v) is 2.54. The molecule has 0 amide bonds. The molecule has 0 bridgehead atoms. The first-order chi connectivity index (χ1) is 8.29. The van der Waals surface area contributed by atoms with Gasteiger partial charge in [-0.2, -0.15) is 0 Å². The van der Waals surface area contributed by atoms with Crippen LogP contribution in [0.1, 0.15) is 0 Å². The van der Waals surface area contributed by atoms with Gasteiger partial charge in [0.05, 0.1) is 4.88 Å². The van der Waals surface area contributed by atoms with Crippen LogP contribution in [0.25, 0.3) is 16.2 Å². The normalized spacial score (nSPS) is 10.9. The van der Waals surface area contributed by atoms with Crippen LogP contribution >= 0.6 is 22.9 Å². The van der Waals surface area contributed by atoms with Crippen molar-refractivity contribution in [2.45, 2.75) is 0 Å². The fraction of sp³-hybridized carbons (Fsp3) is 0. The van der Waals surface area contributed by atoms with Crippen LogP contribution in [0.5, 0.6) is 0 Å². The van der Waals surface area contributed by atoms with Crippen molar-refractivity contribution >= 4 is 34.4 Å². The van der Waals surface area contributed by atoms with Crippen LogP contribution < -0.4 is 0 Å². The van der Waals surface area contributed by atoms with Crippen molar-refractivity contribution in [3.05, 3.63) is 45.8 Å². The highest BCUT2D eigenvalue weighted by molar-refractivity contribution is 7.13. The average molecular weight is 264 g/mol. The summed E-state index contributed by atoms with van der Waals surface area (Å²) in [6, 6.07) is 7.21. The van der Waals surface area contributed by atoms with Crippen molar-refractivity contribution in [1.82, 2.24) is 9.38 Å². The Morgan fingerprint density at radius 2 is 2.29 bits per heavy atom. The van der Waals surface area contributed by atoms with E-state index in [0.29, 0.717) is 22.2 Å². The number of hydrogen-bond donors (Lipinski definition) is 0. The number of thiophene rings is 1. The summed E-state index contributed by atoms with van der Waals surface area (Å²) < 4.78 is 1.63. The first-order valence-electron chi connectivity index (χ1n) is 4.84. The minimum atomic E-state index is 0.305. The lowest BCUT2D eigenvalue weighted by atomic mass is 10.3. The minimum absolute atomic E-state index is 0.305. The van der Waals surface area contributed by atoms with Gasteiger partial charge in [-0.15, -0.1) is 16.2 Å². The summed E-state index contributed by atoms with van der Waals surface area (Å²) in [6.45, 7) is 0. The van der Waals surface area contributed by atoms with E-state index in [1.807, 2.05) is 17.5 Å². The van der Waals surface area contributed by atoms with E-state index in [9.17, 15) is 4.91 Å². The Kier molecular flexibility index (Phi) is 2.42. The molecule has 3 aromatic rings. The number of hydrogen-bond acceptors (Lipinski definition) is 4.